The molecule has 20 heavy (non-hydrogen) atoms. The van der Waals surface area contributed by atoms with E-state index < -0.39 is 0 Å². The van der Waals surface area contributed by atoms with Crippen LogP contribution >= 0.6 is 27.3 Å². The summed E-state index contributed by atoms with van der Waals surface area (Å²) in [4.78, 5) is 4.32. The quantitative estimate of drug-likeness (QED) is 0.911. The number of hydrogen-bond donors (Lipinski definition) is 1. The Labute approximate surface area is 130 Å². The van der Waals surface area contributed by atoms with E-state index in [1.165, 1.54) is 0 Å². The van der Waals surface area contributed by atoms with Crippen LogP contribution in [0.25, 0.3) is 0 Å². The minimum atomic E-state index is 0.238. The van der Waals surface area contributed by atoms with E-state index in [1.54, 1.807) is 11.3 Å². The summed E-state index contributed by atoms with van der Waals surface area (Å²) in [5.74, 6) is 1.61. The van der Waals surface area contributed by atoms with Crippen LogP contribution in [0.3, 0.4) is 0 Å². The molecule has 2 heterocycles. The van der Waals surface area contributed by atoms with Crippen molar-refractivity contribution >= 4 is 27.3 Å². The summed E-state index contributed by atoms with van der Waals surface area (Å²) < 4.78 is 12.2. The maximum atomic E-state index is 5.63. The molecule has 0 bridgehead atoms. The summed E-state index contributed by atoms with van der Waals surface area (Å²) in [5.41, 5.74) is 1.16. The molecule has 1 unspecified atom stereocenters. The van der Waals surface area contributed by atoms with Gasteiger partial charge in [-0.2, -0.15) is 0 Å². The molecule has 1 aromatic heterocycles. The number of rotatable bonds is 4. The molecule has 1 aliphatic heterocycles. The predicted octanol–water partition coefficient (Wildman–Crippen LogP) is 3.53. The monoisotopic (exact) mass is 354 g/mol. The van der Waals surface area contributed by atoms with E-state index in [1.807, 2.05) is 17.6 Å². The smallest absolute Gasteiger partial charge is 0.175 e. The number of aromatic nitrogens is 1. The lowest BCUT2D eigenvalue weighted by Crippen LogP contribution is -2.19. The Kier molecular flexibility index (Phi) is 4.24. The number of fused-ring (bicyclic) bond motifs is 1. The van der Waals surface area contributed by atoms with Gasteiger partial charge in [-0.25, -0.2) is 4.98 Å². The van der Waals surface area contributed by atoms with Gasteiger partial charge in [0.15, 0.2) is 11.5 Å². The highest BCUT2D eigenvalue weighted by atomic mass is 79.9. The minimum Gasteiger partial charge on any atom is -0.486 e. The van der Waals surface area contributed by atoms with E-state index in [0.29, 0.717) is 13.2 Å². The van der Waals surface area contributed by atoms with Gasteiger partial charge in [0, 0.05) is 18.1 Å². The second-order valence-electron chi connectivity index (χ2n) is 4.57. The van der Waals surface area contributed by atoms with Gasteiger partial charge in [0.1, 0.15) is 18.2 Å². The molecule has 1 aromatic carbocycles. The SMILES string of the molecule is CC(NCc1cc(Br)c2c(c1)OCCO2)c1nccs1. The molecule has 6 heteroatoms. The molecular weight excluding hydrogens is 340 g/mol. The average Bonchev–Trinajstić information content (AvgIpc) is 2.99. The normalized spacial score (nSPS) is 15.1. The van der Waals surface area contributed by atoms with Gasteiger partial charge in [-0.15, -0.1) is 11.3 Å². The second kappa shape index (κ2) is 6.11. The van der Waals surface area contributed by atoms with Crippen molar-refractivity contribution in [2.75, 3.05) is 13.2 Å². The number of nitrogens with zero attached hydrogens (tertiary/aromatic N) is 1. The van der Waals surface area contributed by atoms with E-state index in [2.05, 4.69) is 39.2 Å². The van der Waals surface area contributed by atoms with E-state index in [0.717, 1.165) is 33.1 Å². The van der Waals surface area contributed by atoms with Crippen molar-refractivity contribution in [2.45, 2.75) is 19.5 Å². The molecule has 3 rings (SSSR count). The Morgan fingerprint density at radius 2 is 2.25 bits per heavy atom. The van der Waals surface area contributed by atoms with E-state index in [-0.39, 0.29) is 6.04 Å². The van der Waals surface area contributed by atoms with Crippen LogP contribution in [-0.4, -0.2) is 18.2 Å². The highest BCUT2D eigenvalue weighted by Gasteiger charge is 2.16. The van der Waals surface area contributed by atoms with E-state index in [4.69, 9.17) is 9.47 Å². The Balaban J connectivity index is 1.70. The molecule has 4 nitrogen and oxygen atoms in total. The Morgan fingerprint density at radius 3 is 3.05 bits per heavy atom. The van der Waals surface area contributed by atoms with Gasteiger partial charge in [0.25, 0.3) is 0 Å². The highest BCUT2D eigenvalue weighted by molar-refractivity contribution is 9.10. The fourth-order valence-corrected chi connectivity index (χ4v) is 3.35. The summed E-state index contributed by atoms with van der Waals surface area (Å²) in [6.45, 7) is 4.08. The minimum absolute atomic E-state index is 0.238. The first-order valence-electron chi connectivity index (χ1n) is 6.45. The summed E-state index contributed by atoms with van der Waals surface area (Å²) >= 11 is 5.20. The van der Waals surface area contributed by atoms with Crippen molar-refractivity contribution in [3.05, 3.63) is 38.8 Å². The summed E-state index contributed by atoms with van der Waals surface area (Å²) in [5, 5.41) is 6.56. The van der Waals surface area contributed by atoms with Crippen LogP contribution < -0.4 is 14.8 Å². The Morgan fingerprint density at radius 1 is 1.40 bits per heavy atom. The van der Waals surface area contributed by atoms with Crippen LogP contribution in [-0.2, 0) is 6.54 Å². The van der Waals surface area contributed by atoms with Crippen LogP contribution in [0.2, 0.25) is 0 Å². The van der Waals surface area contributed by atoms with Crippen LogP contribution in [0.1, 0.15) is 23.5 Å². The number of ether oxygens (including phenoxy) is 2. The van der Waals surface area contributed by atoms with Crippen LogP contribution in [0, 0.1) is 0 Å². The van der Waals surface area contributed by atoms with Crippen LogP contribution in [0.4, 0.5) is 0 Å². The molecule has 0 radical (unpaired) electrons. The maximum absolute atomic E-state index is 5.63. The zero-order valence-corrected chi connectivity index (χ0v) is 13.5. The summed E-state index contributed by atoms with van der Waals surface area (Å²) in [6.07, 6.45) is 1.83. The third-order valence-corrected chi connectivity index (χ3v) is 4.64. The van der Waals surface area contributed by atoms with Gasteiger partial charge in [-0.3, -0.25) is 0 Å². The third-order valence-electron chi connectivity index (χ3n) is 3.09. The molecule has 1 N–H and O–H groups in total. The van der Waals surface area contributed by atoms with Gasteiger partial charge in [0.05, 0.1) is 10.5 Å². The number of halogens is 1. The lowest BCUT2D eigenvalue weighted by molar-refractivity contribution is 0.170. The molecule has 0 aliphatic carbocycles. The van der Waals surface area contributed by atoms with Crippen molar-refractivity contribution in [1.82, 2.24) is 10.3 Å². The molecule has 106 valence electrons. The van der Waals surface area contributed by atoms with E-state index >= 15 is 0 Å². The van der Waals surface area contributed by atoms with Gasteiger partial charge < -0.3 is 14.8 Å². The molecule has 2 aromatic rings. The van der Waals surface area contributed by atoms with Crippen LogP contribution in [0.15, 0.2) is 28.2 Å². The lowest BCUT2D eigenvalue weighted by Gasteiger charge is -2.21. The molecular formula is C14H15BrN2O2S. The summed E-state index contributed by atoms with van der Waals surface area (Å²) in [7, 11) is 0. The number of nitrogens with one attached hydrogen (secondary N) is 1. The highest BCUT2D eigenvalue weighted by Crippen LogP contribution is 2.38. The fraction of sp³-hybridized carbons (Fsp3) is 0.357. The first-order valence-corrected chi connectivity index (χ1v) is 8.12. The first kappa shape index (κ1) is 13.9. The topological polar surface area (TPSA) is 43.4 Å². The third kappa shape index (κ3) is 2.97. The predicted molar refractivity (Wildman–Crippen MR) is 82.5 cm³/mol. The van der Waals surface area contributed by atoms with Crippen LogP contribution in [0.5, 0.6) is 11.5 Å². The number of hydrogen-bond acceptors (Lipinski definition) is 5. The van der Waals surface area contributed by atoms with E-state index in [9.17, 15) is 0 Å². The molecule has 1 atom stereocenters. The fourth-order valence-electron chi connectivity index (χ4n) is 2.07. The Hall–Kier alpha value is -1.11. The zero-order chi connectivity index (χ0) is 13.9. The number of thiazole rings is 1. The molecule has 0 spiro atoms. The first-order chi connectivity index (χ1) is 9.74. The molecule has 1 aliphatic rings. The average molecular weight is 355 g/mol. The molecule has 0 saturated carbocycles. The van der Waals surface area contributed by atoms with Crippen molar-refractivity contribution < 1.29 is 9.47 Å². The maximum Gasteiger partial charge on any atom is 0.175 e. The van der Waals surface area contributed by atoms with Gasteiger partial charge in [-0.05, 0) is 40.5 Å². The van der Waals surface area contributed by atoms with Crippen molar-refractivity contribution in [1.29, 1.82) is 0 Å². The standard InChI is InChI=1S/C14H15BrN2O2S/c1-9(14-16-2-5-20-14)17-8-10-6-11(15)13-12(7-10)18-3-4-19-13/h2,5-7,9,17H,3-4,8H2,1H3. The zero-order valence-electron chi connectivity index (χ0n) is 11.1. The molecule has 0 amide bonds. The second-order valence-corrected chi connectivity index (χ2v) is 6.36. The van der Waals surface area contributed by atoms with Crippen molar-refractivity contribution in [2.24, 2.45) is 0 Å². The van der Waals surface area contributed by atoms with Gasteiger partial charge in [0.2, 0.25) is 0 Å². The van der Waals surface area contributed by atoms with Gasteiger partial charge >= 0.3 is 0 Å². The largest absolute Gasteiger partial charge is 0.486 e. The van der Waals surface area contributed by atoms with Gasteiger partial charge in [-0.1, -0.05) is 0 Å². The Bertz CT molecular complexity index is 589. The molecule has 0 saturated heterocycles. The number of benzene rings is 1. The van der Waals surface area contributed by atoms with Crippen molar-refractivity contribution in [3.63, 3.8) is 0 Å². The lowest BCUT2D eigenvalue weighted by atomic mass is 10.2. The summed E-state index contributed by atoms with van der Waals surface area (Å²) in [6, 6.07) is 4.33. The van der Waals surface area contributed by atoms with Crippen molar-refractivity contribution in [3.8, 4) is 11.5 Å². The molecule has 0 fully saturated rings.